The Kier molecular flexibility index (Phi) is 8.52. The minimum absolute atomic E-state index is 0. The zero-order valence-electron chi connectivity index (χ0n) is 12.7. The molecule has 0 aliphatic rings. The lowest BCUT2D eigenvalue weighted by atomic mass is 10.3. The Morgan fingerprint density at radius 3 is 2.08 bits per heavy atom. The standard InChI is InChI=1S/C15H12F3NO4.2ClH/c1-9(14(20)21)22-11-3-5-12(6-4-11)23-13-7-2-10(8-19-13)15(16,17)18;;/h2-9H,1H3,(H,20,21);2*1H. The number of pyridine rings is 1. The van der Waals surface area contributed by atoms with Crippen LogP contribution in [0.15, 0.2) is 42.6 Å². The van der Waals surface area contributed by atoms with Gasteiger partial charge in [-0.25, -0.2) is 9.78 Å². The monoisotopic (exact) mass is 399 g/mol. The van der Waals surface area contributed by atoms with Gasteiger partial charge in [0, 0.05) is 12.3 Å². The molecule has 0 radical (unpaired) electrons. The molecule has 1 heterocycles. The third-order valence-corrected chi connectivity index (χ3v) is 2.77. The van der Waals surface area contributed by atoms with Gasteiger partial charge in [-0.3, -0.25) is 0 Å². The summed E-state index contributed by atoms with van der Waals surface area (Å²) in [6.07, 6.45) is -4.77. The molecule has 1 atom stereocenters. The molecule has 1 N–H and O–H groups in total. The summed E-state index contributed by atoms with van der Waals surface area (Å²) >= 11 is 0. The lowest BCUT2D eigenvalue weighted by Crippen LogP contribution is -2.22. The fourth-order valence-electron chi connectivity index (χ4n) is 1.57. The first-order chi connectivity index (χ1) is 10.8. The number of alkyl halides is 3. The van der Waals surface area contributed by atoms with E-state index in [-0.39, 0.29) is 30.7 Å². The molecule has 0 amide bonds. The predicted molar refractivity (Wildman–Crippen MR) is 88.0 cm³/mol. The molecule has 1 aromatic heterocycles. The van der Waals surface area contributed by atoms with Crippen molar-refractivity contribution in [2.45, 2.75) is 19.2 Å². The van der Waals surface area contributed by atoms with Gasteiger partial charge < -0.3 is 14.6 Å². The summed E-state index contributed by atoms with van der Waals surface area (Å²) in [5.74, 6) is -0.440. The second-order valence-corrected chi connectivity index (χ2v) is 4.55. The number of hydrogen-bond acceptors (Lipinski definition) is 4. The zero-order chi connectivity index (χ0) is 17.0. The van der Waals surface area contributed by atoms with Crippen LogP contribution in [-0.4, -0.2) is 22.2 Å². The summed E-state index contributed by atoms with van der Waals surface area (Å²) in [7, 11) is 0. The molecule has 0 aliphatic carbocycles. The first-order valence-electron chi connectivity index (χ1n) is 6.46. The number of carboxylic acid groups (broad SMARTS) is 1. The lowest BCUT2D eigenvalue weighted by Gasteiger charge is -2.11. The maximum atomic E-state index is 12.4. The van der Waals surface area contributed by atoms with Crippen LogP contribution < -0.4 is 9.47 Å². The minimum atomic E-state index is -4.45. The van der Waals surface area contributed by atoms with E-state index < -0.39 is 23.8 Å². The molecule has 1 aromatic carbocycles. The van der Waals surface area contributed by atoms with Gasteiger partial charge in [0.15, 0.2) is 6.10 Å². The molecular weight excluding hydrogens is 386 g/mol. The lowest BCUT2D eigenvalue weighted by molar-refractivity contribution is -0.144. The maximum Gasteiger partial charge on any atom is 0.417 e. The number of halogens is 5. The van der Waals surface area contributed by atoms with Crippen molar-refractivity contribution in [1.29, 1.82) is 0 Å². The highest BCUT2D eigenvalue weighted by molar-refractivity contribution is 5.85. The molecule has 0 spiro atoms. The summed E-state index contributed by atoms with van der Waals surface area (Å²) in [5.41, 5.74) is -0.865. The van der Waals surface area contributed by atoms with E-state index in [0.717, 1.165) is 12.1 Å². The maximum absolute atomic E-state index is 12.4. The molecule has 5 nitrogen and oxygen atoms in total. The van der Waals surface area contributed by atoms with Crippen LogP contribution in [0.4, 0.5) is 13.2 Å². The van der Waals surface area contributed by atoms with Crippen LogP contribution in [0, 0.1) is 0 Å². The highest BCUT2D eigenvalue weighted by Gasteiger charge is 2.30. The van der Waals surface area contributed by atoms with Crippen molar-refractivity contribution >= 4 is 30.8 Å². The molecule has 2 aromatic rings. The van der Waals surface area contributed by atoms with Crippen molar-refractivity contribution in [1.82, 2.24) is 4.98 Å². The Morgan fingerprint density at radius 2 is 1.64 bits per heavy atom. The van der Waals surface area contributed by atoms with Crippen molar-refractivity contribution < 1.29 is 32.5 Å². The van der Waals surface area contributed by atoms with E-state index in [1.807, 2.05) is 0 Å². The van der Waals surface area contributed by atoms with Gasteiger partial charge in [-0.2, -0.15) is 13.2 Å². The minimum Gasteiger partial charge on any atom is -0.479 e. The average Bonchev–Trinajstić information content (AvgIpc) is 2.49. The summed E-state index contributed by atoms with van der Waals surface area (Å²) in [6.45, 7) is 1.39. The first-order valence-corrected chi connectivity index (χ1v) is 6.46. The second kappa shape index (κ2) is 9.33. The van der Waals surface area contributed by atoms with E-state index in [4.69, 9.17) is 14.6 Å². The van der Waals surface area contributed by atoms with Crippen molar-refractivity contribution in [3.8, 4) is 17.4 Å². The van der Waals surface area contributed by atoms with Crippen LogP contribution in [0.1, 0.15) is 12.5 Å². The molecule has 0 fully saturated rings. The van der Waals surface area contributed by atoms with Crippen molar-refractivity contribution in [3.63, 3.8) is 0 Å². The van der Waals surface area contributed by atoms with Crippen LogP contribution in [-0.2, 0) is 11.0 Å². The van der Waals surface area contributed by atoms with Crippen molar-refractivity contribution in [3.05, 3.63) is 48.2 Å². The molecule has 0 saturated carbocycles. The third kappa shape index (κ3) is 6.67. The number of rotatable bonds is 5. The van der Waals surface area contributed by atoms with Crippen LogP contribution >= 0.6 is 24.8 Å². The van der Waals surface area contributed by atoms with E-state index in [1.165, 1.54) is 31.2 Å². The molecule has 0 saturated heterocycles. The number of nitrogens with zero attached hydrogens (tertiary/aromatic N) is 1. The van der Waals surface area contributed by atoms with Crippen LogP contribution in [0.2, 0.25) is 0 Å². The van der Waals surface area contributed by atoms with Gasteiger partial charge in [0.05, 0.1) is 5.56 Å². The number of aliphatic carboxylic acids is 1. The number of aromatic nitrogens is 1. The predicted octanol–water partition coefficient (Wildman–Crippen LogP) is 4.59. The summed E-state index contributed by atoms with van der Waals surface area (Å²) in [5, 5.41) is 8.73. The highest BCUT2D eigenvalue weighted by atomic mass is 35.5. The van der Waals surface area contributed by atoms with Gasteiger partial charge in [-0.1, -0.05) is 0 Å². The number of hydrogen-bond donors (Lipinski definition) is 1. The van der Waals surface area contributed by atoms with Gasteiger partial charge in [0.25, 0.3) is 0 Å². The zero-order valence-corrected chi connectivity index (χ0v) is 14.3. The largest absolute Gasteiger partial charge is 0.479 e. The van der Waals surface area contributed by atoms with Crippen molar-refractivity contribution in [2.24, 2.45) is 0 Å². The number of carboxylic acids is 1. The average molecular weight is 400 g/mol. The Balaban J connectivity index is 0.00000288. The van der Waals surface area contributed by atoms with Crippen LogP contribution in [0.25, 0.3) is 0 Å². The van der Waals surface area contributed by atoms with Gasteiger partial charge >= 0.3 is 12.1 Å². The molecule has 2 rings (SSSR count). The van der Waals surface area contributed by atoms with Crippen LogP contribution in [0.5, 0.6) is 17.4 Å². The van der Waals surface area contributed by atoms with E-state index in [2.05, 4.69) is 4.98 Å². The Bertz CT molecular complexity index is 679. The molecule has 10 heteroatoms. The Labute approximate surface area is 153 Å². The fraction of sp³-hybridized carbons (Fsp3) is 0.200. The molecule has 25 heavy (non-hydrogen) atoms. The number of ether oxygens (including phenoxy) is 2. The molecular formula is C15H14Cl2F3NO4. The SMILES string of the molecule is CC(Oc1ccc(Oc2ccc(C(F)(F)F)cn2)cc1)C(=O)O.Cl.Cl. The molecule has 138 valence electrons. The third-order valence-electron chi connectivity index (χ3n) is 2.77. The highest BCUT2D eigenvalue weighted by Crippen LogP contribution is 2.30. The Morgan fingerprint density at radius 1 is 1.08 bits per heavy atom. The normalized spacial score (nSPS) is 11.5. The van der Waals surface area contributed by atoms with Gasteiger partial charge in [-0.15, -0.1) is 24.8 Å². The van der Waals surface area contributed by atoms with Crippen LogP contribution in [0.3, 0.4) is 0 Å². The second-order valence-electron chi connectivity index (χ2n) is 4.55. The molecule has 0 bridgehead atoms. The Hall–Kier alpha value is -2.19. The summed E-state index contributed by atoms with van der Waals surface area (Å²) < 4.78 is 47.7. The van der Waals surface area contributed by atoms with Gasteiger partial charge in [0.2, 0.25) is 5.88 Å². The quantitative estimate of drug-likeness (QED) is 0.796. The molecule has 0 aliphatic heterocycles. The topological polar surface area (TPSA) is 68.7 Å². The van der Waals surface area contributed by atoms with Crippen molar-refractivity contribution in [2.75, 3.05) is 0 Å². The van der Waals surface area contributed by atoms with Gasteiger partial charge in [0.1, 0.15) is 11.5 Å². The fourth-order valence-corrected chi connectivity index (χ4v) is 1.57. The smallest absolute Gasteiger partial charge is 0.417 e. The van der Waals surface area contributed by atoms with E-state index in [1.54, 1.807) is 0 Å². The van der Waals surface area contributed by atoms with E-state index in [9.17, 15) is 18.0 Å². The number of carbonyl (C=O) groups is 1. The summed E-state index contributed by atoms with van der Waals surface area (Å²) in [6, 6.07) is 7.93. The van der Waals surface area contributed by atoms with E-state index in [0.29, 0.717) is 17.7 Å². The number of benzene rings is 1. The molecule has 1 unspecified atom stereocenters. The first kappa shape index (κ1) is 22.8. The van der Waals surface area contributed by atoms with Gasteiger partial charge in [-0.05, 0) is 37.3 Å². The van der Waals surface area contributed by atoms with E-state index >= 15 is 0 Å². The summed E-state index contributed by atoms with van der Waals surface area (Å²) in [4.78, 5) is 14.3.